The summed E-state index contributed by atoms with van der Waals surface area (Å²) in [6.07, 6.45) is 1.70. The van der Waals surface area contributed by atoms with Crippen LogP contribution in [-0.4, -0.2) is 20.5 Å². The summed E-state index contributed by atoms with van der Waals surface area (Å²) >= 11 is 1.57. The van der Waals surface area contributed by atoms with Crippen LogP contribution < -0.4 is 5.32 Å². The molecule has 0 saturated heterocycles. The van der Waals surface area contributed by atoms with E-state index in [1.165, 1.54) is 16.8 Å². The maximum absolute atomic E-state index is 14.1. The average molecular weight is 416 g/mol. The van der Waals surface area contributed by atoms with Crippen molar-refractivity contribution >= 4 is 11.3 Å². The molecule has 0 bridgehead atoms. The van der Waals surface area contributed by atoms with E-state index in [1.54, 1.807) is 31.4 Å². The molecule has 0 unspecified atom stereocenters. The third-order valence-corrected chi connectivity index (χ3v) is 5.39. The van der Waals surface area contributed by atoms with E-state index in [4.69, 9.17) is 0 Å². The van der Waals surface area contributed by atoms with Crippen molar-refractivity contribution in [2.75, 3.05) is 0 Å². The molecule has 29 heavy (non-hydrogen) atoms. The average Bonchev–Trinajstić information content (AvgIpc) is 3.24. The first-order valence-electron chi connectivity index (χ1n) is 9.21. The number of hydrogen-bond donors (Lipinski definition) is 2. The van der Waals surface area contributed by atoms with Gasteiger partial charge in [-0.05, 0) is 52.0 Å². The number of thiophene rings is 1. The van der Waals surface area contributed by atoms with Gasteiger partial charge in [0.1, 0.15) is 17.1 Å². The zero-order valence-electron chi connectivity index (χ0n) is 16.8. The zero-order chi connectivity index (χ0) is 21.2. The third-order valence-electron chi connectivity index (χ3n) is 4.39. The second kappa shape index (κ2) is 8.46. The third kappa shape index (κ3) is 5.30. The Bertz CT molecular complexity index is 1070. The molecule has 0 aliphatic heterocycles. The van der Waals surface area contributed by atoms with Crippen LogP contribution in [0.5, 0.6) is 0 Å². The summed E-state index contributed by atoms with van der Waals surface area (Å²) in [6, 6.07) is 7.38. The van der Waals surface area contributed by atoms with Crippen LogP contribution in [-0.2, 0) is 6.54 Å². The Labute approximate surface area is 173 Å². The molecule has 0 radical (unpaired) electrons. The van der Waals surface area contributed by atoms with Crippen LogP contribution in [0, 0.1) is 30.4 Å². The van der Waals surface area contributed by atoms with E-state index in [1.807, 2.05) is 26.0 Å². The van der Waals surface area contributed by atoms with Crippen molar-refractivity contribution in [1.82, 2.24) is 15.1 Å². The largest absolute Gasteiger partial charge is 0.378 e. The van der Waals surface area contributed by atoms with E-state index in [-0.39, 0.29) is 11.7 Å². The molecule has 1 atom stereocenters. The minimum Gasteiger partial charge on any atom is -0.378 e. The minimum atomic E-state index is -1.02. The van der Waals surface area contributed by atoms with Gasteiger partial charge in [0.05, 0.1) is 11.1 Å². The lowest BCUT2D eigenvalue weighted by atomic mass is 10.1. The van der Waals surface area contributed by atoms with E-state index in [2.05, 4.69) is 22.3 Å². The highest BCUT2D eigenvalue weighted by atomic mass is 32.1. The maximum atomic E-state index is 14.1. The van der Waals surface area contributed by atoms with Crippen molar-refractivity contribution in [1.29, 1.82) is 0 Å². The first-order chi connectivity index (χ1) is 13.6. The molecule has 3 rings (SSSR count). The molecule has 152 valence electrons. The lowest BCUT2D eigenvalue weighted by molar-refractivity contribution is 0.143. The first kappa shape index (κ1) is 21.2. The summed E-state index contributed by atoms with van der Waals surface area (Å²) < 4.78 is 28.7. The van der Waals surface area contributed by atoms with Crippen LogP contribution >= 0.6 is 11.3 Å². The molecule has 4 nitrogen and oxygen atoms in total. The van der Waals surface area contributed by atoms with Crippen molar-refractivity contribution in [3.05, 3.63) is 69.2 Å². The smallest absolute Gasteiger partial charge is 0.151 e. The van der Waals surface area contributed by atoms with Crippen molar-refractivity contribution in [2.45, 2.75) is 45.9 Å². The predicted octanol–water partition coefficient (Wildman–Crippen LogP) is 4.49. The van der Waals surface area contributed by atoms with Crippen LogP contribution in [0.15, 0.2) is 36.5 Å². The van der Waals surface area contributed by atoms with E-state index in [0.29, 0.717) is 6.54 Å². The minimum absolute atomic E-state index is 0.0136. The van der Waals surface area contributed by atoms with Gasteiger partial charge in [-0.15, -0.1) is 11.3 Å². The standard InChI is InChI=1S/C22H23F2N3OS/c1-14(25-12-18-7-6-17(29-18)9-10-22(3,4)28)19-13-26-27(15(19)2)21-8-5-16(23)11-20(21)24/h5-8,11,13-14,25,28H,12H2,1-4H3/t14-/m0/s1. The zero-order valence-corrected chi connectivity index (χ0v) is 17.6. The van der Waals surface area contributed by atoms with Crippen LogP contribution in [0.1, 0.15) is 47.8 Å². The molecule has 0 amide bonds. The van der Waals surface area contributed by atoms with Gasteiger partial charge in [-0.3, -0.25) is 0 Å². The van der Waals surface area contributed by atoms with E-state index in [9.17, 15) is 13.9 Å². The number of nitrogens with one attached hydrogen (secondary N) is 1. The van der Waals surface area contributed by atoms with Gasteiger partial charge in [0, 0.05) is 34.8 Å². The van der Waals surface area contributed by atoms with Crippen molar-refractivity contribution < 1.29 is 13.9 Å². The SMILES string of the molecule is Cc1c([C@H](C)NCc2ccc(C#CC(C)(C)O)s2)cnn1-c1ccc(F)cc1F. The molecule has 0 aliphatic carbocycles. The highest BCUT2D eigenvalue weighted by Gasteiger charge is 2.16. The highest BCUT2D eigenvalue weighted by molar-refractivity contribution is 7.12. The Hall–Kier alpha value is -2.53. The molecule has 1 aromatic carbocycles. The number of aromatic nitrogens is 2. The molecule has 0 saturated carbocycles. The second-order valence-corrected chi connectivity index (χ2v) is 8.54. The lowest BCUT2D eigenvalue weighted by Gasteiger charge is -2.13. The van der Waals surface area contributed by atoms with E-state index < -0.39 is 17.2 Å². The van der Waals surface area contributed by atoms with Crippen molar-refractivity contribution in [3.8, 4) is 17.5 Å². The van der Waals surface area contributed by atoms with Gasteiger partial charge >= 0.3 is 0 Å². The van der Waals surface area contributed by atoms with Gasteiger partial charge in [0.2, 0.25) is 0 Å². The van der Waals surface area contributed by atoms with Gasteiger partial charge in [-0.1, -0.05) is 11.8 Å². The Balaban J connectivity index is 1.69. The number of halogens is 2. The Morgan fingerprint density at radius 3 is 2.72 bits per heavy atom. The number of benzene rings is 1. The first-order valence-corrected chi connectivity index (χ1v) is 10.0. The summed E-state index contributed by atoms with van der Waals surface area (Å²) in [4.78, 5) is 2.01. The van der Waals surface area contributed by atoms with E-state index in [0.717, 1.165) is 27.1 Å². The van der Waals surface area contributed by atoms with Crippen molar-refractivity contribution in [2.24, 2.45) is 0 Å². The summed E-state index contributed by atoms with van der Waals surface area (Å²) in [5, 5.41) is 17.4. The molecule has 0 aliphatic rings. The topological polar surface area (TPSA) is 50.1 Å². The second-order valence-electron chi connectivity index (χ2n) is 7.37. The summed E-state index contributed by atoms with van der Waals surface area (Å²) in [7, 11) is 0. The highest BCUT2D eigenvalue weighted by Crippen LogP contribution is 2.23. The summed E-state index contributed by atoms with van der Waals surface area (Å²) in [5.74, 6) is 4.52. The molecular formula is C22H23F2N3OS. The lowest BCUT2D eigenvalue weighted by Crippen LogP contribution is -2.18. The van der Waals surface area contributed by atoms with Crippen LogP contribution in [0.3, 0.4) is 0 Å². The fourth-order valence-corrected chi connectivity index (χ4v) is 3.67. The normalized spacial score (nSPS) is 12.5. The van der Waals surface area contributed by atoms with E-state index >= 15 is 0 Å². The van der Waals surface area contributed by atoms with Gasteiger partial charge in [0.15, 0.2) is 5.82 Å². The summed E-state index contributed by atoms with van der Waals surface area (Å²) in [6.45, 7) is 7.82. The predicted molar refractivity (Wildman–Crippen MR) is 111 cm³/mol. The number of hydrogen-bond acceptors (Lipinski definition) is 4. The Morgan fingerprint density at radius 2 is 2.03 bits per heavy atom. The Morgan fingerprint density at radius 1 is 1.28 bits per heavy atom. The molecular weight excluding hydrogens is 392 g/mol. The monoisotopic (exact) mass is 415 g/mol. The number of nitrogens with zero attached hydrogens (tertiary/aromatic N) is 2. The fraction of sp³-hybridized carbons (Fsp3) is 0.318. The summed E-state index contributed by atoms with van der Waals surface area (Å²) in [5.41, 5.74) is 0.930. The fourth-order valence-electron chi connectivity index (χ4n) is 2.86. The van der Waals surface area contributed by atoms with Crippen LogP contribution in [0.2, 0.25) is 0 Å². The molecule has 0 fully saturated rings. The molecule has 2 heterocycles. The quantitative estimate of drug-likeness (QED) is 0.604. The number of rotatable bonds is 5. The molecule has 3 aromatic rings. The van der Waals surface area contributed by atoms with Gasteiger partial charge in [-0.2, -0.15) is 5.10 Å². The van der Waals surface area contributed by atoms with Gasteiger partial charge in [-0.25, -0.2) is 13.5 Å². The van der Waals surface area contributed by atoms with Crippen LogP contribution in [0.25, 0.3) is 5.69 Å². The van der Waals surface area contributed by atoms with Gasteiger partial charge in [0.25, 0.3) is 0 Å². The van der Waals surface area contributed by atoms with Crippen LogP contribution in [0.4, 0.5) is 8.78 Å². The molecule has 0 spiro atoms. The van der Waals surface area contributed by atoms with Gasteiger partial charge < -0.3 is 10.4 Å². The Kier molecular flexibility index (Phi) is 6.18. The maximum Gasteiger partial charge on any atom is 0.151 e. The van der Waals surface area contributed by atoms with Crippen molar-refractivity contribution in [3.63, 3.8) is 0 Å². The number of aliphatic hydroxyl groups is 1. The molecule has 2 aromatic heterocycles. The molecule has 2 N–H and O–H groups in total. The molecule has 7 heteroatoms.